The van der Waals surface area contributed by atoms with Crippen molar-refractivity contribution in [3.05, 3.63) is 84.8 Å². The number of para-hydroxylation sites is 1. The van der Waals surface area contributed by atoms with Crippen molar-refractivity contribution in [1.29, 1.82) is 0 Å². The maximum Gasteiger partial charge on any atom is 0.251 e. The fourth-order valence-electron chi connectivity index (χ4n) is 4.91. The third-order valence-electron chi connectivity index (χ3n) is 7.05. The van der Waals surface area contributed by atoms with E-state index < -0.39 is 0 Å². The number of benzene rings is 2. The molecule has 39 heavy (non-hydrogen) atoms. The van der Waals surface area contributed by atoms with Crippen LogP contribution in [0, 0.1) is 0 Å². The molecule has 0 aliphatic carbocycles. The number of anilines is 2. The molecule has 0 radical (unpaired) electrons. The van der Waals surface area contributed by atoms with Crippen LogP contribution in [0.3, 0.4) is 0 Å². The van der Waals surface area contributed by atoms with Crippen LogP contribution in [0.1, 0.15) is 16.1 Å². The van der Waals surface area contributed by atoms with Gasteiger partial charge in [0.2, 0.25) is 0 Å². The summed E-state index contributed by atoms with van der Waals surface area (Å²) in [6.45, 7) is 3.40. The van der Waals surface area contributed by atoms with Gasteiger partial charge in [0.1, 0.15) is 17.9 Å². The number of hydrogen-bond acceptors (Lipinski definition) is 8. The second-order valence-electron chi connectivity index (χ2n) is 9.37. The summed E-state index contributed by atoms with van der Waals surface area (Å²) >= 11 is 0. The summed E-state index contributed by atoms with van der Waals surface area (Å²) in [6, 6.07) is 15.5. The van der Waals surface area contributed by atoms with Crippen LogP contribution in [-0.2, 0) is 13.6 Å². The lowest BCUT2D eigenvalue weighted by Crippen LogP contribution is -2.47. The minimum absolute atomic E-state index is 0.141. The number of piperazine rings is 1. The molecule has 1 amide bonds. The number of carbonyl (C=O) groups is 1. The van der Waals surface area contributed by atoms with E-state index in [9.17, 15) is 4.79 Å². The molecular formula is C28H29N9O2. The molecule has 0 saturated carbocycles. The highest BCUT2D eigenvalue weighted by atomic mass is 16.5. The second kappa shape index (κ2) is 10.4. The molecule has 4 heterocycles. The van der Waals surface area contributed by atoms with Gasteiger partial charge in [-0.25, -0.2) is 19.6 Å². The maximum absolute atomic E-state index is 12.9. The van der Waals surface area contributed by atoms with Gasteiger partial charge in [-0.1, -0.05) is 18.2 Å². The number of aryl methyl sites for hydroxylation is 1. The number of imidazole rings is 1. The fraction of sp³-hybridized carbons (Fsp3) is 0.250. The lowest BCUT2D eigenvalue weighted by molar-refractivity contribution is 0.0950. The van der Waals surface area contributed by atoms with Crippen LogP contribution >= 0.6 is 0 Å². The molecule has 1 saturated heterocycles. The standard InChI is InChI=1S/C28H29N9O2/c1-34-19-29-15-22(34)16-30-28(38)20-8-9-25(39-2)24(14-20)35-10-12-36(13-11-35)26-23-17-33-37(27(23)32-18-31-26)21-6-4-3-5-7-21/h3-9,14-15,17-19H,10-13,16H2,1-2H3,(H,30,38). The van der Waals surface area contributed by atoms with Crippen molar-refractivity contribution in [3.63, 3.8) is 0 Å². The van der Waals surface area contributed by atoms with Crippen LogP contribution in [0.2, 0.25) is 0 Å². The van der Waals surface area contributed by atoms with E-state index in [0.717, 1.165) is 65.8 Å². The number of methoxy groups -OCH3 is 1. The average Bonchev–Trinajstić information content (AvgIpc) is 3.62. The molecule has 1 aliphatic rings. The zero-order valence-corrected chi connectivity index (χ0v) is 21.9. The van der Waals surface area contributed by atoms with Gasteiger partial charge in [0.25, 0.3) is 5.91 Å². The minimum atomic E-state index is -0.141. The number of hydrogen-bond donors (Lipinski definition) is 1. The Morgan fingerprint density at radius 3 is 2.54 bits per heavy atom. The summed E-state index contributed by atoms with van der Waals surface area (Å²) < 4.78 is 9.38. The Kier molecular flexibility index (Phi) is 6.54. The van der Waals surface area contributed by atoms with Gasteiger partial charge in [0, 0.05) is 45.0 Å². The zero-order chi connectivity index (χ0) is 26.8. The molecule has 1 aliphatic heterocycles. The smallest absolute Gasteiger partial charge is 0.251 e. The van der Waals surface area contributed by atoms with E-state index in [-0.39, 0.29) is 5.91 Å². The molecule has 1 N–H and O–H groups in total. The SMILES string of the molecule is COc1ccc(C(=O)NCc2cncn2C)cc1N1CCN(c2ncnc3c2cnn3-c2ccccc2)CC1. The van der Waals surface area contributed by atoms with E-state index >= 15 is 0 Å². The molecule has 5 aromatic rings. The van der Waals surface area contributed by atoms with Gasteiger partial charge in [-0.3, -0.25) is 4.79 Å². The van der Waals surface area contributed by atoms with Crippen LogP contribution in [0.25, 0.3) is 16.7 Å². The molecule has 0 atom stereocenters. The molecule has 11 heteroatoms. The number of ether oxygens (including phenoxy) is 1. The summed E-state index contributed by atoms with van der Waals surface area (Å²) in [4.78, 5) is 30.7. The summed E-state index contributed by atoms with van der Waals surface area (Å²) in [5, 5.41) is 8.48. The number of carbonyl (C=O) groups excluding carboxylic acids is 1. The maximum atomic E-state index is 12.9. The Morgan fingerprint density at radius 2 is 1.79 bits per heavy atom. The van der Waals surface area contributed by atoms with Gasteiger partial charge in [0.15, 0.2) is 5.65 Å². The van der Waals surface area contributed by atoms with Gasteiger partial charge >= 0.3 is 0 Å². The molecule has 0 unspecified atom stereocenters. The van der Waals surface area contributed by atoms with E-state index in [0.29, 0.717) is 12.1 Å². The van der Waals surface area contributed by atoms with Crippen molar-refractivity contribution in [1.82, 2.24) is 34.6 Å². The monoisotopic (exact) mass is 523 g/mol. The summed E-state index contributed by atoms with van der Waals surface area (Å²) in [6.07, 6.45) is 6.90. The average molecular weight is 524 g/mol. The number of aromatic nitrogens is 6. The Morgan fingerprint density at radius 1 is 1.00 bits per heavy atom. The normalized spacial score (nSPS) is 13.6. The van der Waals surface area contributed by atoms with E-state index in [1.54, 1.807) is 32.0 Å². The summed E-state index contributed by atoms with van der Waals surface area (Å²) in [7, 11) is 3.56. The second-order valence-corrected chi connectivity index (χ2v) is 9.37. The number of nitrogens with zero attached hydrogens (tertiary/aromatic N) is 8. The van der Waals surface area contributed by atoms with Crippen LogP contribution < -0.4 is 19.9 Å². The third kappa shape index (κ3) is 4.74. The predicted molar refractivity (Wildman–Crippen MR) is 148 cm³/mol. The molecule has 0 spiro atoms. The quantitative estimate of drug-likeness (QED) is 0.347. The Labute approximate surface area is 225 Å². The number of amides is 1. The van der Waals surface area contributed by atoms with Crippen molar-refractivity contribution in [2.24, 2.45) is 7.05 Å². The van der Waals surface area contributed by atoms with Crippen molar-refractivity contribution < 1.29 is 9.53 Å². The molecule has 2 aromatic carbocycles. The van der Waals surface area contributed by atoms with E-state index in [4.69, 9.17) is 4.74 Å². The highest BCUT2D eigenvalue weighted by Crippen LogP contribution is 2.32. The largest absolute Gasteiger partial charge is 0.495 e. The molecule has 3 aromatic heterocycles. The first-order valence-corrected chi connectivity index (χ1v) is 12.8. The molecule has 198 valence electrons. The highest BCUT2D eigenvalue weighted by molar-refractivity contribution is 5.95. The van der Waals surface area contributed by atoms with Crippen molar-refractivity contribution in [2.45, 2.75) is 6.54 Å². The first-order valence-electron chi connectivity index (χ1n) is 12.8. The van der Waals surface area contributed by atoms with Gasteiger partial charge in [-0.05, 0) is 30.3 Å². The first-order chi connectivity index (χ1) is 19.1. The van der Waals surface area contributed by atoms with Gasteiger partial charge in [-0.15, -0.1) is 0 Å². The Hall–Kier alpha value is -4.93. The number of fused-ring (bicyclic) bond motifs is 1. The van der Waals surface area contributed by atoms with Crippen molar-refractivity contribution in [3.8, 4) is 11.4 Å². The summed E-state index contributed by atoms with van der Waals surface area (Å²) in [5.41, 5.74) is 4.15. The van der Waals surface area contributed by atoms with E-state index in [2.05, 4.69) is 35.2 Å². The predicted octanol–water partition coefficient (Wildman–Crippen LogP) is 2.81. The molecule has 11 nitrogen and oxygen atoms in total. The summed E-state index contributed by atoms with van der Waals surface area (Å²) in [5.74, 6) is 1.47. The minimum Gasteiger partial charge on any atom is -0.495 e. The number of rotatable bonds is 7. The molecule has 1 fully saturated rings. The Bertz CT molecular complexity index is 1600. The third-order valence-corrected chi connectivity index (χ3v) is 7.05. The topological polar surface area (TPSA) is 106 Å². The highest BCUT2D eigenvalue weighted by Gasteiger charge is 2.24. The van der Waals surface area contributed by atoms with E-state index in [1.165, 1.54) is 0 Å². The Balaban J connectivity index is 1.18. The lowest BCUT2D eigenvalue weighted by Gasteiger charge is -2.37. The molecular weight excluding hydrogens is 494 g/mol. The van der Waals surface area contributed by atoms with E-state index in [1.807, 2.05) is 65.0 Å². The fourth-order valence-corrected chi connectivity index (χ4v) is 4.91. The zero-order valence-electron chi connectivity index (χ0n) is 21.9. The molecule has 6 rings (SSSR count). The number of nitrogens with one attached hydrogen (secondary N) is 1. The van der Waals surface area contributed by atoms with Gasteiger partial charge in [0.05, 0.1) is 48.6 Å². The van der Waals surface area contributed by atoms with Crippen LogP contribution in [-0.4, -0.2) is 68.5 Å². The van der Waals surface area contributed by atoms with Crippen molar-refractivity contribution >= 4 is 28.4 Å². The van der Waals surface area contributed by atoms with Crippen molar-refractivity contribution in [2.75, 3.05) is 43.1 Å². The van der Waals surface area contributed by atoms with Crippen LogP contribution in [0.5, 0.6) is 5.75 Å². The first kappa shape index (κ1) is 24.4. The lowest BCUT2D eigenvalue weighted by atomic mass is 10.1. The van der Waals surface area contributed by atoms with Gasteiger partial charge < -0.3 is 24.4 Å². The van der Waals surface area contributed by atoms with Gasteiger partial charge in [-0.2, -0.15) is 5.10 Å². The van der Waals surface area contributed by atoms with Crippen LogP contribution in [0.15, 0.2) is 73.6 Å². The molecule has 0 bridgehead atoms. The van der Waals surface area contributed by atoms with Crippen LogP contribution in [0.4, 0.5) is 11.5 Å².